The first-order valence-electron chi connectivity index (χ1n) is 6.05. The van der Waals surface area contributed by atoms with E-state index in [1.807, 2.05) is 0 Å². The van der Waals surface area contributed by atoms with Crippen molar-refractivity contribution >= 4 is 22.9 Å². The summed E-state index contributed by atoms with van der Waals surface area (Å²) < 4.78 is 0.863. The number of halogens is 1. The molecule has 0 saturated carbocycles. The van der Waals surface area contributed by atoms with Crippen LogP contribution in [0.15, 0.2) is 11.4 Å². The molecule has 0 radical (unpaired) electrons. The van der Waals surface area contributed by atoms with Crippen LogP contribution in [0.2, 0.25) is 4.34 Å². The molecule has 0 aliphatic carbocycles. The van der Waals surface area contributed by atoms with Crippen LogP contribution < -0.4 is 5.32 Å². The van der Waals surface area contributed by atoms with Crippen LogP contribution in [0.3, 0.4) is 0 Å². The second kappa shape index (κ2) is 6.74. The molecule has 0 aromatic carbocycles. The highest BCUT2D eigenvalue weighted by Crippen LogP contribution is 2.25. The van der Waals surface area contributed by atoms with Crippen LogP contribution in [-0.2, 0) is 0 Å². The fourth-order valence-electron chi connectivity index (χ4n) is 1.82. The molecule has 0 aliphatic heterocycles. The summed E-state index contributed by atoms with van der Waals surface area (Å²) >= 11 is 7.57. The Balaban J connectivity index is 2.60. The first-order valence-corrected chi connectivity index (χ1v) is 7.30. The highest BCUT2D eigenvalue weighted by atomic mass is 35.5. The van der Waals surface area contributed by atoms with Crippen molar-refractivity contribution in [3.63, 3.8) is 0 Å². The molecule has 0 fully saturated rings. The Morgan fingerprint density at radius 3 is 2.41 bits per heavy atom. The molecule has 4 heteroatoms. The third-order valence-electron chi connectivity index (χ3n) is 2.92. The Bertz CT molecular complexity index is 336. The minimum Gasteiger partial charge on any atom is -0.308 e. The van der Waals surface area contributed by atoms with Gasteiger partial charge in [0.25, 0.3) is 0 Å². The first-order chi connectivity index (χ1) is 7.90. The lowest BCUT2D eigenvalue weighted by molar-refractivity contribution is 0.273. The maximum Gasteiger partial charge on any atom is 0.0931 e. The zero-order valence-electron chi connectivity index (χ0n) is 11.3. The molecule has 2 unspecified atom stereocenters. The Hall–Kier alpha value is -0.0900. The monoisotopic (exact) mass is 274 g/mol. The molecule has 0 aliphatic rings. The number of nitrogens with one attached hydrogen (secondary N) is 1. The highest BCUT2D eigenvalue weighted by molar-refractivity contribution is 7.14. The van der Waals surface area contributed by atoms with Crippen molar-refractivity contribution in [2.24, 2.45) is 5.92 Å². The van der Waals surface area contributed by atoms with Gasteiger partial charge in [0.1, 0.15) is 0 Å². The topological polar surface area (TPSA) is 15.3 Å². The molecule has 0 spiro atoms. The number of thiophene rings is 1. The minimum atomic E-state index is 0.353. The van der Waals surface area contributed by atoms with Gasteiger partial charge in [-0.2, -0.15) is 0 Å². The molecule has 2 nitrogen and oxygen atoms in total. The second-order valence-electron chi connectivity index (χ2n) is 5.19. The van der Waals surface area contributed by atoms with Crippen molar-refractivity contribution in [3.8, 4) is 0 Å². The molecule has 1 aromatic heterocycles. The van der Waals surface area contributed by atoms with E-state index in [0.717, 1.165) is 10.9 Å². The van der Waals surface area contributed by atoms with Gasteiger partial charge in [-0.25, -0.2) is 0 Å². The smallest absolute Gasteiger partial charge is 0.0931 e. The lowest BCUT2D eigenvalue weighted by Gasteiger charge is -2.28. The van der Waals surface area contributed by atoms with E-state index < -0.39 is 0 Å². The summed E-state index contributed by atoms with van der Waals surface area (Å²) in [5.74, 6) is 0.619. The molecule has 17 heavy (non-hydrogen) atoms. The van der Waals surface area contributed by atoms with Gasteiger partial charge in [0, 0.05) is 18.6 Å². The zero-order valence-corrected chi connectivity index (χ0v) is 12.9. The summed E-state index contributed by atoms with van der Waals surface area (Å²) in [7, 11) is 4.23. The number of hydrogen-bond donors (Lipinski definition) is 1. The van der Waals surface area contributed by atoms with Crippen molar-refractivity contribution in [1.82, 2.24) is 10.2 Å². The number of hydrogen-bond acceptors (Lipinski definition) is 3. The van der Waals surface area contributed by atoms with Gasteiger partial charge in [0.15, 0.2) is 0 Å². The molecule has 2 atom stereocenters. The van der Waals surface area contributed by atoms with Gasteiger partial charge < -0.3 is 10.2 Å². The lowest BCUT2D eigenvalue weighted by atomic mass is 10.0. The predicted octanol–water partition coefficient (Wildman–Crippen LogP) is 3.64. The van der Waals surface area contributed by atoms with Gasteiger partial charge in [-0.15, -0.1) is 11.3 Å². The summed E-state index contributed by atoms with van der Waals surface area (Å²) in [6.45, 7) is 7.77. The summed E-state index contributed by atoms with van der Waals surface area (Å²) in [6.07, 6.45) is 0. The third-order valence-corrected chi connectivity index (χ3v) is 4.03. The Labute approximate surface area is 114 Å². The standard InChI is InChI=1S/C13H23ClN2S/c1-9(2)12(7-16(4)5)15-10(3)11-6-13(14)17-8-11/h6,8-10,12,15H,7H2,1-5H3. The lowest BCUT2D eigenvalue weighted by Crippen LogP contribution is -2.43. The van der Waals surface area contributed by atoms with Crippen LogP contribution in [-0.4, -0.2) is 31.6 Å². The van der Waals surface area contributed by atoms with Crippen LogP contribution >= 0.6 is 22.9 Å². The Morgan fingerprint density at radius 1 is 1.35 bits per heavy atom. The molecule has 1 heterocycles. The van der Waals surface area contributed by atoms with Crippen molar-refractivity contribution in [2.75, 3.05) is 20.6 Å². The molecule has 1 rings (SSSR count). The SMILES string of the molecule is CC(NC(CN(C)C)C(C)C)c1csc(Cl)c1. The molecule has 0 bridgehead atoms. The predicted molar refractivity (Wildman–Crippen MR) is 78.1 cm³/mol. The van der Waals surface area contributed by atoms with Crippen LogP contribution in [0.4, 0.5) is 0 Å². The first kappa shape index (κ1) is 15.0. The van der Waals surface area contributed by atoms with E-state index in [0.29, 0.717) is 18.0 Å². The molecule has 1 N–H and O–H groups in total. The van der Waals surface area contributed by atoms with Crippen molar-refractivity contribution in [2.45, 2.75) is 32.9 Å². The van der Waals surface area contributed by atoms with Gasteiger partial charge in [0.05, 0.1) is 4.34 Å². The van der Waals surface area contributed by atoms with Gasteiger partial charge in [-0.1, -0.05) is 25.4 Å². The number of rotatable bonds is 6. The molecular weight excluding hydrogens is 252 g/mol. The average Bonchev–Trinajstić information content (AvgIpc) is 2.63. The normalized spacial score (nSPS) is 15.5. The van der Waals surface area contributed by atoms with E-state index in [9.17, 15) is 0 Å². The van der Waals surface area contributed by atoms with Gasteiger partial charge in [-0.3, -0.25) is 0 Å². The Kier molecular flexibility index (Phi) is 5.93. The van der Waals surface area contributed by atoms with Crippen LogP contribution in [0.5, 0.6) is 0 Å². The second-order valence-corrected chi connectivity index (χ2v) is 6.73. The Morgan fingerprint density at radius 2 is 2.00 bits per heavy atom. The van der Waals surface area contributed by atoms with E-state index in [-0.39, 0.29) is 0 Å². The van der Waals surface area contributed by atoms with Gasteiger partial charge in [0.2, 0.25) is 0 Å². The van der Waals surface area contributed by atoms with Crippen molar-refractivity contribution in [1.29, 1.82) is 0 Å². The molecular formula is C13H23ClN2S. The van der Waals surface area contributed by atoms with Crippen molar-refractivity contribution in [3.05, 3.63) is 21.3 Å². The molecule has 1 aromatic rings. The maximum atomic E-state index is 5.97. The molecule has 0 saturated heterocycles. The largest absolute Gasteiger partial charge is 0.308 e. The summed E-state index contributed by atoms with van der Waals surface area (Å²) in [4.78, 5) is 2.23. The van der Waals surface area contributed by atoms with E-state index in [1.165, 1.54) is 5.56 Å². The van der Waals surface area contributed by atoms with Gasteiger partial charge >= 0.3 is 0 Å². The average molecular weight is 275 g/mol. The number of nitrogens with zero attached hydrogens (tertiary/aromatic N) is 1. The van der Waals surface area contributed by atoms with Crippen molar-refractivity contribution < 1.29 is 0 Å². The summed E-state index contributed by atoms with van der Waals surface area (Å²) in [5.41, 5.74) is 1.28. The van der Waals surface area contributed by atoms with E-state index in [2.05, 4.69) is 56.5 Å². The fraction of sp³-hybridized carbons (Fsp3) is 0.692. The van der Waals surface area contributed by atoms with E-state index in [1.54, 1.807) is 11.3 Å². The number of likely N-dealkylation sites (N-methyl/N-ethyl adjacent to an activating group) is 1. The quantitative estimate of drug-likeness (QED) is 0.852. The summed E-state index contributed by atoms with van der Waals surface area (Å²) in [6, 6.07) is 2.90. The van der Waals surface area contributed by atoms with Crippen LogP contribution in [0.1, 0.15) is 32.4 Å². The van der Waals surface area contributed by atoms with Crippen LogP contribution in [0, 0.1) is 5.92 Å². The third kappa shape index (κ3) is 4.96. The minimum absolute atomic E-state index is 0.353. The highest BCUT2D eigenvalue weighted by Gasteiger charge is 2.18. The zero-order chi connectivity index (χ0) is 13.0. The maximum absolute atomic E-state index is 5.97. The van der Waals surface area contributed by atoms with Gasteiger partial charge in [-0.05, 0) is 43.9 Å². The summed E-state index contributed by atoms with van der Waals surface area (Å²) in [5, 5.41) is 5.82. The van der Waals surface area contributed by atoms with Crippen LogP contribution in [0.25, 0.3) is 0 Å². The molecule has 98 valence electrons. The molecule has 0 amide bonds. The van der Waals surface area contributed by atoms with E-state index >= 15 is 0 Å². The van der Waals surface area contributed by atoms with E-state index in [4.69, 9.17) is 11.6 Å². The fourth-order valence-corrected chi connectivity index (χ4v) is 2.80.